The van der Waals surface area contributed by atoms with Crippen LogP contribution in [-0.4, -0.2) is 70.5 Å². The molecule has 2 aromatic carbocycles. The van der Waals surface area contributed by atoms with Gasteiger partial charge in [-0.05, 0) is 50.3 Å². The lowest BCUT2D eigenvalue weighted by atomic mass is 9.76. The average Bonchev–Trinajstić information content (AvgIpc) is 2.93. The lowest BCUT2D eigenvalue weighted by molar-refractivity contribution is -0.136. The smallest absolute Gasteiger partial charge is 0.246 e. The van der Waals surface area contributed by atoms with Gasteiger partial charge in [0.05, 0.1) is 25.8 Å². The zero-order chi connectivity index (χ0) is 26.5. The van der Waals surface area contributed by atoms with E-state index in [9.17, 15) is 13.2 Å². The van der Waals surface area contributed by atoms with E-state index in [-0.39, 0.29) is 34.7 Å². The van der Waals surface area contributed by atoms with Crippen LogP contribution in [0.3, 0.4) is 0 Å². The van der Waals surface area contributed by atoms with Gasteiger partial charge in [0.25, 0.3) is 0 Å². The van der Waals surface area contributed by atoms with E-state index < -0.39 is 15.4 Å². The maximum Gasteiger partial charge on any atom is 0.246 e. The molecule has 0 spiro atoms. The normalized spacial score (nSPS) is 18.3. The lowest BCUT2D eigenvalue weighted by Crippen LogP contribution is -2.48. The first kappa shape index (κ1) is 27.5. The third-order valence-corrected chi connectivity index (χ3v) is 9.58. The molecule has 0 N–H and O–H groups in total. The lowest BCUT2D eigenvalue weighted by Gasteiger charge is -2.42. The van der Waals surface area contributed by atoms with Crippen molar-refractivity contribution >= 4 is 27.5 Å². The van der Waals surface area contributed by atoms with Gasteiger partial charge in [0, 0.05) is 44.1 Å². The molecule has 202 valence electrons. The van der Waals surface area contributed by atoms with Crippen molar-refractivity contribution in [3.8, 4) is 17.2 Å². The quantitative estimate of drug-likeness (QED) is 0.453. The predicted octanol–water partition coefficient (Wildman–Crippen LogP) is 4.61. The Labute approximate surface area is 224 Å². The van der Waals surface area contributed by atoms with Crippen molar-refractivity contribution in [1.29, 1.82) is 0 Å². The van der Waals surface area contributed by atoms with Crippen molar-refractivity contribution in [2.45, 2.75) is 43.4 Å². The summed E-state index contributed by atoms with van der Waals surface area (Å²) in [5.41, 5.74) is -0.460. The molecule has 10 heteroatoms. The molecule has 0 radical (unpaired) electrons. The number of halogens is 1. The molecule has 2 saturated heterocycles. The van der Waals surface area contributed by atoms with Crippen LogP contribution in [0.5, 0.6) is 17.2 Å². The molecule has 2 fully saturated rings. The van der Waals surface area contributed by atoms with Crippen LogP contribution in [0, 0.1) is 5.41 Å². The Kier molecular flexibility index (Phi) is 8.87. The summed E-state index contributed by atoms with van der Waals surface area (Å²) in [6, 6.07) is 12.4. The Balaban J connectivity index is 1.53. The number of ether oxygens (including phenoxy) is 3. The van der Waals surface area contributed by atoms with Gasteiger partial charge in [-0.15, -0.1) is 0 Å². The number of amides is 1. The summed E-state index contributed by atoms with van der Waals surface area (Å²) < 4.78 is 45.4. The summed E-state index contributed by atoms with van der Waals surface area (Å²) in [6.45, 7) is 2.45. The Morgan fingerprint density at radius 2 is 1.59 bits per heavy atom. The minimum Gasteiger partial charge on any atom is -0.495 e. The fourth-order valence-electron chi connectivity index (χ4n) is 5.08. The number of carbonyl (C=O) groups excluding carboxylic acids is 1. The van der Waals surface area contributed by atoms with Gasteiger partial charge >= 0.3 is 0 Å². The van der Waals surface area contributed by atoms with Crippen LogP contribution in [-0.2, 0) is 14.8 Å². The van der Waals surface area contributed by atoms with Gasteiger partial charge in [0.15, 0.2) is 0 Å². The summed E-state index contributed by atoms with van der Waals surface area (Å²) in [6.07, 6.45) is 4.55. The third kappa shape index (κ3) is 6.33. The summed E-state index contributed by atoms with van der Waals surface area (Å²) in [4.78, 5) is 15.2. The van der Waals surface area contributed by atoms with E-state index in [0.717, 1.165) is 38.1 Å². The first-order valence-electron chi connectivity index (χ1n) is 12.7. The SMILES string of the molecule is COc1cc(OC)c(S(=O)(=O)N2CCC(COc3ccccc3)(CC(=O)N3CCCCC3)CC2)cc1Cl. The number of methoxy groups -OCH3 is 2. The fourth-order valence-corrected chi connectivity index (χ4v) is 6.99. The zero-order valence-electron chi connectivity index (χ0n) is 21.4. The molecular weight excluding hydrogens is 516 g/mol. The second kappa shape index (κ2) is 11.9. The molecule has 37 heavy (non-hydrogen) atoms. The molecule has 4 rings (SSSR count). The molecule has 0 saturated carbocycles. The highest BCUT2D eigenvalue weighted by Crippen LogP contribution is 2.41. The summed E-state index contributed by atoms with van der Waals surface area (Å²) in [5.74, 6) is 1.37. The molecule has 2 aromatic rings. The summed E-state index contributed by atoms with van der Waals surface area (Å²) >= 11 is 6.26. The van der Waals surface area contributed by atoms with Crippen LogP contribution in [0.2, 0.25) is 5.02 Å². The van der Waals surface area contributed by atoms with Gasteiger partial charge in [-0.3, -0.25) is 4.79 Å². The van der Waals surface area contributed by atoms with Gasteiger partial charge in [-0.2, -0.15) is 4.31 Å². The van der Waals surface area contributed by atoms with E-state index in [0.29, 0.717) is 31.6 Å². The van der Waals surface area contributed by atoms with Crippen molar-refractivity contribution in [1.82, 2.24) is 9.21 Å². The maximum absolute atomic E-state index is 13.6. The van der Waals surface area contributed by atoms with Gasteiger partial charge in [-0.1, -0.05) is 29.8 Å². The number of sulfonamides is 1. The number of likely N-dealkylation sites (tertiary alicyclic amines) is 1. The first-order chi connectivity index (χ1) is 17.8. The van der Waals surface area contributed by atoms with Gasteiger partial charge < -0.3 is 19.1 Å². The van der Waals surface area contributed by atoms with E-state index in [1.165, 1.54) is 30.7 Å². The van der Waals surface area contributed by atoms with E-state index in [2.05, 4.69) is 0 Å². The molecule has 0 aromatic heterocycles. The van der Waals surface area contributed by atoms with Crippen LogP contribution in [0.4, 0.5) is 0 Å². The van der Waals surface area contributed by atoms with Crippen molar-refractivity contribution < 1.29 is 27.4 Å². The summed E-state index contributed by atoms with van der Waals surface area (Å²) in [7, 11) is -1.01. The van der Waals surface area contributed by atoms with Gasteiger partial charge in [0.2, 0.25) is 15.9 Å². The molecule has 0 unspecified atom stereocenters. The third-order valence-electron chi connectivity index (χ3n) is 7.36. The number of para-hydroxylation sites is 1. The highest BCUT2D eigenvalue weighted by molar-refractivity contribution is 7.89. The molecule has 0 bridgehead atoms. The Hall–Kier alpha value is -2.49. The van der Waals surface area contributed by atoms with Crippen LogP contribution in [0.25, 0.3) is 0 Å². The minimum absolute atomic E-state index is 0.00164. The average molecular weight is 551 g/mol. The minimum atomic E-state index is -3.89. The predicted molar refractivity (Wildman–Crippen MR) is 142 cm³/mol. The monoisotopic (exact) mass is 550 g/mol. The molecule has 1 amide bonds. The number of benzene rings is 2. The largest absolute Gasteiger partial charge is 0.495 e. The molecule has 2 heterocycles. The molecule has 2 aliphatic heterocycles. The Morgan fingerprint density at radius 3 is 2.22 bits per heavy atom. The highest BCUT2D eigenvalue weighted by atomic mass is 35.5. The molecule has 2 aliphatic rings. The molecule has 0 aliphatic carbocycles. The zero-order valence-corrected chi connectivity index (χ0v) is 23.0. The van der Waals surface area contributed by atoms with Gasteiger partial charge in [0.1, 0.15) is 22.1 Å². The van der Waals surface area contributed by atoms with Crippen molar-refractivity contribution in [3.05, 3.63) is 47.5 Å². The van der Waals surface area contributed by atoms with Crippen LogP contribution in [0.1, 0.15) is 38.5 Å². The van der Waals surface area contributed by atoms with Crippen LogP contribution >= 0.6 is 11.6 Å². The van der Waals surface area contributed by atoms with Crippen molar-refractivity contribution in [2.75, 3.05) is 47.0 Å². The maximum atomic E-state index is 13.6. The number of nitrogens with zero attached hydrogens (tertiary/aromatic N) is 2. The number of rotatable bonds is 9. The second-order valence-corrected chi connectivity index (χ2v) is 12.1. The fraction of sp³-hybridized carbons (Fsp3) is 0.519. The van der Waals surface area contributed by atoms with Crippen LogP contribution in [0.15, 0.2) is 47.4 Å². The molecular formula is C27H35ClN2O6S. The van der Waals surface area contributed by atoms with E-state index in [4.69, 9.17) is 25.8 Å². The van der Waals surface area contributed by atoms with Gasteiger partial charge in [-0.25, -0.2) is 8.42 Å². The van der Waals surface area contributed by atoms with Crippen molar-refractivity contribution in [2.24, 2.45) is 5.41 Å². The van der Waals surface area contributed by atoms with E-state index in [1.807, 2.05) is 35.2 Å². The second-order valence-electron chi connectivity index (χ2n) is 9.76. The Morgan fingerprint density at radius 1 is 0.946 bits per heavy atom. The number of carbonyl (C=O) groups is 1. The first-order valence-corrected chi connectivity index (χ1v) is 14.5. The number of hydrogen-bond acceptors (Lipinski definition) is 6. The topological polar surface area (TPSA) is 85.4 Å². The molecule has 8 nitrogen and oxygen atoms in total. The van der Waals surface area contributed by atoms with E-state index >= 15 is 0 Å². The highest BCUT2D eigenvalue weighted by Gasteiger charge is 2.42. The summed E-state index contributed by atoms with van der Waals surface area (Å²) in [5, 5.41) is 0.191. The van der Waals surface area contributed by atoms with Crippen LogP contribution < -0.4 is 14.2 Å². The number of hydrogen-bond donors (Lipinski definition) is 0. The number of piperidine rings is 2. The van der Waals surface area contributed by atoms with E-state index in [1.54, 1.807) is 0 Å². The standard InChI is InChI=1S/C27H35ClN2O6S/c1-34-23-18-24(35-2)25(17-22(23)28)37(32,33)30-15-11-27(12-16-30,20-36-21-9-5-3-6-10-21)19-26(31)29-13-7-4-8-14-29/h3,5-6,9-10,17-18H,4,7-8,11-16,19-20H2,1-2H3. The van der Waals surface area contributed by atoms with Crippen molar-refractivity contribution in [3.63, 3.8) is 0 Å². The molecule has 0 atom stereocenters. The Bertz CT molecular complexity index is 1180.